The highest BCUT2D eigenvalue weighted by Gasteiger charge is 2.45. The Bertz CT molecular complexity index is 594. The Morgan fingerprint density at radius 2 is 2.05 bits per heavy atom. The van der Waals surface area contributed by atoms with Gasteiger partial charge < -0.3 is 5.73 Å². The molecule has 0 bridgehead atoms. The number of thiophene rings is 1. The van der Waals surface area contributed by atoms with Gasteiger partial charge in [-0.2, -0.15) is 4.31 Å². The van der Waals surface area contributed by atoms with Crippen LogP contribution in [0.25, 0.3) is 0 Å². The van der Waals surface area contributed by atoms with E-state index in [-0.39, 0.29) is 6.04 Å². The summed E-state index contributed by atoms with van der Waals surface area (Å²) in [6.45, 7) is 5.08. The van der Waals surface area contributed by atoms with Gasteiger partial charge in [-0.15, -0.1) is 11.3 Å². The first-order valence-corrected chi connectivity index (χ1v) is 8.98. The first kappa shape index (κ1) is 13.5. The number of hydrogen-bond donors (Lipinski definition) is 1. The van der Waals surface area contributed by atoms with Crippen LogP contribution in [0.1, 0.15) is 23.3 Å². The molecule has 1 aromatic rings. The topological polar surface area (TPSA) is 63.4 Å². The lowest BCUT2D eigenvalue weighted by molar-refractivity contribution is 0.427. The monoisotopic (exact) mass is 300 g/mol. The van der Waals surface area contributed by atoms with Gasteiger partial charge in [-0.05, 0) is 50.2 Å². The molecule has 1 aliphatic heterocycles. The van der Waals surface area contributed by atoms with Gasteiger partial charge in [-0.3, -0.25) is 0 Å². The van der Waals surface area contributed by atoms with E-state index in [0.29, 0.717) is 29.1 Å². The minimum absolute atomic E-state index is 0.177. The molecule has 0 amide bonds. The van der Waals surface area contributed by atoms with E-state index in [0.717, 1.165) is 23.3 Å². The zero-order chi connectivity index (χ0) is 13.8. The number of nitrogens with two attached hydrogens (primary N) is 1. The van der Waals surface area contributed by atoms with Gasteiger partial charge >= 0.3 is 0 Å². The maximum atomic E-state index is 12.7. The Labute approximate surface area is 118 Å². The van der Waals surface area contributed by atoms with Crippen LogP contribution in [0.3, 0.4) is 0 Å². The summed E-state index contributed by atoms with van der Waals surface area (Å²) in [5.41, 5.74) is 6.94. The van der Waals surface area contributed by atoms with Crippen LogP contribution in [0.15, 0.2) is 10.3 Å². The molecule has 106 valence electrons. The average molecular weight is 300 g/mol. The van der Waals surface area contributed by atoms with Gasteiger partial charge in [0.15, 0.2) is 0 Å². The zero-order valence-corrected chi connectivity index (χ0v) is 12.9. The first-order chi connectivity index (χ1) is 8.89. The largest absolute Gasteiger partial charge is 0.327 e. The molecule has 1 saturated carbocycles. The van der Waals surface area contributed by atoms with Gasteiger partial charge in [0, 0.05) is 24.0 Å². The summed E-state index contributed by atoms with van der Waals surface area (Å²) in [5.74, 6) is 0.822. The van der Waals surface area contributed by atoms with Gasteiger partial charge in [0.1, 0.15) is 4.21 Å². The Balaban J connectivity index is 1.89. The van der Waals surface area contributed by atoms with Gasteiger partial charge in [-0.25, -0.2) is 8.42 Å². The van der Waals surface area contributed by atoms with Crippen LogP contribution in [0.4, 0.5) is 0 Å². The van der Waals surface area contributed by atoms with Gasteiger partial charge in [0.2, 0.25) is 0 Å². The van der Waals surface area contributed by atoms with E-state index in [1.165, 1.54) is 11.3 Å². The molecule has 6 heteroatoms. The highest BCUT2D eigenvalue weighted by molar-refractivity contribution is 7.91. The molecule has 1 saturated heterocycles. The van der Waals surface area contributed by atoms with Crippen molar-refractivity contribution in [3.8, 4) is 0 Å². The molecule has 2 fully saturated rings. The number of fused-ring (bicyclic) bond motifs is 1. The molecule has 19 heavy (non-hydrogen) atoms. The van der Waals surface area contributed by atoms with E-state index in [4.69, 9.17) is 5.73 Å². The summed E-state index contributed by atoms with van der Waals surface area (Å²) in [4.78, 5) is 1.05. The lowest BCUT2D eigenvalue weighted by Gasteiger charge is -2.18. The SMILES string of the molecule is Cc1cc(C)c(S(=O)(=O)N2CC3CCC(N)C3C2)s1. The molecule has 1 aromatic heterocycles. The summed E-state index contributed by atoms with van der Waals surface area (Å²) in [6, 6.07) is 2.12. The van der Waals surface area contributed by atoms with Crippen molar-refractivity contribution in [2.75, 3.05) is 13.1 Å². The zero-order valence-electron chi connectivity index (χ0n) is 11.3. The summed E-state index contributed by atoms with van der Waals surface area (Å²) >= 11 is 1.38. The van der Waals surface area contributed by atoms with Crippen LogP contribution >= 0.6 is 11.3 Å². The van der Waals surface area contributed by atoms with Crippen molar-refractivity contribution in [3.05, 3.63) is 16.5 Å². The number of hydrogen-bond acceptors (Lipinski definition) is 4. The highest BCUT2D eigenvalue weighted by atomic mass is 32.2. The third-order valence-electron chi connectivity index (χ3n) is 4.45. The fourth-order valence-corrected chi connectivity index (χ4v) is 6.79. The minimum Gasteiger partial charge on any atom is -0.327 e. The Morgan fingerprint density at radius 3 is 2.63 bits per heavy atom. The van der Waals surface area contributed by atoms with Crippen molar-refractivity contribution in [2.24, 2.45) is 17.6 Å². The van der Waals surface area contributed by atoms with Crippen LogP contribution in [0.2, 0.25) is 0 Å². The molecule has 2 N–H and O–H groups in total. The molecule has 0 radical (unpaired) electrons. The Morgan fingerprint density at radius 1 is 1.32 bits per heavy atom. The van der Waals surface area contributed by atoms with E-state index in [9.17, 15) is 8.42 Å². The summed E-state index contributed by atoms with van der Waals surface area (Å²) in [6.07, 6.45) is 2.11. The van der Waals surface area contributed by atoms with E-state index in [2.05, 4.69) is 0 Å². The maximum absolute atomic E-state index is 12.7. The van der Waals surface area contributed by atoms with Gasteiger partial charge in [0.05, 0.1) is 0 Å². The predicted molar refractivity (Wildman–Crippen MR) is 76.7 cm³/mol. The molecule has 2 aliphatic rings. The molecule has 4 nitrogen and oxygen atoms in total. The van der Waals surface area contributed by atoms with Crippen LogP contribution in [0, 0.1) is 25.7 Å². The summed E-state index contributed by atoms with van der Waals surface area (Å²) in [7, 11) is -3.32. The van der Waals surface area contributed by atoms with Crippen LogP contribution in [-0.4, -0.2) is 31.9 Å². The van der Waals surface area contributed by atoms with Gasteiger partial charge in [-0.1, -0.05) is 0 Å². The molecule has 3 unspecified atom stereocenters. The average Bonchev–Trinajstić information content (AvgIpc) is 2.96. The molecule has 2 heterocycles. The molecule has 0 aromatic carbocycles. The lowest BCUT2D eigenvalue weighted by Crippen LogP contribution is -2.33. The van der Waals surface area contributed by atoms with E-state index in [1.807, 2.05) is 19.9 Å². The third kappa shape index (κ3) is 2.14. The fourth-order valence-electron chi connectivity index (χ4n) is 3.46. The van der Waals surface area contributed by atoms with E-state index < -0.39 is 10.0 Å². The molecule has 3 atom stereocenters. The van der Waals surface area contributed by atoms with Crippen molar-refractivity contribution in [1.82, 2.24) is 4.31 Å². The third-order valence-corrected chi connectivity index (χ3v) is 8.05. The smallest absolute Gasteiger partial charge is 0.252 e. The maximum Gasteiger partial charge on any atom is 0.252 e. The van der Waals surface area contributed by atoms with Crippen molar-refractivity contribution in [2.45, 2.75) is 36.9 Å². The second-order valence-corrected chi connectivity index (χ2v) is 9.20. The highest BCUT2D eigenvalue weighted by Crippen LogP contribution is 2.40. The van der Waals surface area contributed by atoms with E-state index in [1.54, 1.807) is 4.31 Å². The summed E-state index contributed by atoms with van der Waals surface area (Å²) < 4.78 is 27.6. The number of nitrogens with zero attached hydrogens (tertiary/aromatic N) is 1. The van der Waals surface area contributed by atoms with E-state index >= 15 is 0 Å². The molecule has 0 spiro atoms. The van der Waals surface area contributed by atoms with Crippen molar-refractivity contribution in [1.29, 1.82) is 0 Å². The lowest BCUT2D eigenvalue weighted by atomic mass is 9.98. The van der Waals surface area contributed by atoms with Crippen molar-refractivity contribution >= 4 is 21.4 Å². The van der Waals surface area contributed by atoms with Crippen LogP contribution < -0.4 is 5.73 Å². The van der Waals surface area contributed by atoms with Crippen molar-refractivity contribution in [3.63, 3.8) is 0 Å². The first-order valence-electron chi connectivity index (χ1n) is 6.72. The Hall–Kier alpha value is -0.430. The molecular formula is C13H20N2O2S2. The van der Waals surface area contributed by atoms with Gasteiger partial charge in [0.25, 0.3) is 10.0 Å². The number of sulfonamides is 1. The minimum atomic E-state index is -3.32. The Kier molecular flexibility index (Phi) is 3.24. The van der Waals surface area contributed by atoms with Crippen LogP contribution in [-0.2, 0) is 10.0 Å². The summed E-state index contributed by atoms with van der Waals surface area (Å²) in [5, 5.41) is 0. The quantitative estimate of drug-likeness (QED) is 0.904. The second kappa shape index (κ2) is 4.55. The standard InChI is InChI=1S/C13H20N2O2S2/c1-8-5-9(2)18-13(8)19(16,17)15-6-10-3-4-12(14)11(10)7-15/h5,10-12H,3-4,6-7,14H2,1-2H3. The number of aryl methyl sites for hydroxylation is 2. The predicted octanol–water partition coefficient (Wildman–Crippen LogP) is 1.72. The normalized spacial score (nSPS) is 31.8. The number of rotatable bonds is 2. The second-order valence-electron chi connectivity index (χ2n) is 5.81. The fraction of sp³-hybridized carbons (Fsp3) is 0.692. The molecular weight excluding hydrogens is 280 g/mol. The van der Waals surface area contributed by atoms with Crippen molar-refractivity contribution < 1.29 is 8.42 Å². The van der Waals surface area contributed by atoms with Crippen LogP contribution in [0.5, 0.6) is 0 Å². The molecule has 1 aliphatic carbocycles. The molecule has 3 rings (SSSR count).